The molecule has 1 aromatic heterocycles. The highest BCUT2D eigenvalue weighted by atomic mass is 14.9. The first kappa shape index (κ1) is 13.6. The Labute approximate surface area is 125 Å². The molecule has 0 aliphatic carbocycles. The molecule has 0 saturated heterocycles. The van der Waals surface area contributed by atoms with Crippen molar-refractivity contribution in [3.8, 4) is 0 Å². The van der Waals surface area contributed by atoms with E-state index in [1.165, 1.54) is 22.3 Å². The standard InChI is InChI=1S/C18H19N3/c1-12-8-14(3)15(9-13(12)2)11-21-16-4-5-17-18(10-16)20-7-6-19-17/h4-10,21H,11H2,1-3H3. The summed E-state index contributed by atoms with van der Waals surface area (Å²) in [5, 5.41) is 3.47. The monoisotopic (exact) mass is 277 g/mol. The van der Waals surface area contributed by atoms with Crippen LogP contribution in [0.5, 0.6) is 0 Å². The van der Waals surface area contributed by atoms with Gasteiger partial charge in [-0.2, -0.15) is 0 Å². The van der Waals surface area contributed by atoms with Gasteiger partial charge < -0.3 is 5.32 Å². The number of nitrogens with one attached hydrogen (secondary N) is 1. The summed E-state index contributed by atoms with van der Waals surface area (Å²) >= 11 is 0. The number of hydrogen-bond acceptors (Lipinski definition) is 3. The highest BCUT2D eigenvalue weighted by Crippen LogP contribution is 2.19. The van der Waals surface area contributed by atoms with E-state index in [0.29, 0.717) is 0 Å². The Kier molecular flexibility index (Phi) is 3.57. The molecule has 3 rings (SSSR count). The minimum atomic E-state index is 0.818. The van der Waals surface area contributed by atoms with Crippen molar-refractivity contribution in [3.05, 3.63) is 65.0 Å². The number of fused-ring (bicyclic) bond motifs is 1. The molecule has 0 bridgehead atoms. The molecule has 1 N–H and O–H groups in total. The average Bonchev–Trinajstić information content (AvgIpc) is 2.49. The molecule has 0 spiro atoms. The van der Waals surface area contributed by atoms with Crippen LogP contribution in [-0.2, 0) is 6.54 Å². The van der Waals surface area contributed by atoms with E-state index in [4.69, 9.17) is 0 Å². The highest BCUT2D eigenvalue weighted by Gasteiger charge is 2.03. The van der Waals surface area contributed by atoms with Gasteiger partial charge in [0, 0.05) is 24.6 Å². The molecular formula is C18H19N3. The van der Waals surface area contributed by atoms with Gasteiger partial charge in [0.05, 0.1) is 11.0 Å². The van der Waals surface area contributed by atoms with E-state index >= 15 is 0 Å². The van der Waals surface area contributed by atoms with Gasteiger partial charge in [0.25, 0.3) is 0 Å². The van der Waals surface area contributed by atoms with Crippen molar-refractivity contribution in [2.45, 2.75) is 27.3 Å². The summed E-state index contributed by atoms with van der Waals surface area (Å²) < 4.78 is 0. The van der Waals surface area contributed by atoms with E-state index in [0.717, 1.165) is 23.3 Å². The minimum Gasteiger partial charge on any atom is -0.381 e. The molecule has 21 heavy (non-hydrogen) atoms. The second-order valence-electron chi connectivity index (χ2n) is 5.48. The number of aromatic nitrogens is 2. The van der Waals surface area contributed by atoms with Crippen molar-refractivity contribution < 1.29 is 0 Å². The van der Waals surface area contributed by atoms with E-state index in [1.807, 2.05) is 18.2 Å². The summed E-state index contributed by atoms with van der Waals surface area (Å²) in [7, 11) is 0. The van der Waals surface area contributed by atoms with Gasteiger partial charge in [-0.05, 0) is 61.2 Å². The molecule has 1 heterocycles. The summed E-state index contributed by atoms with van der Waals surface area (Å²) in [5.74, 6) is 0. The van der Waals surface area contributed by atoms with Crippen LogP contribution in [0.25, 0.3) is 11.0 Å². The van der Waals surface area contributed by atoms with E-state index < -0.39 is 0 Å². The fourth-order valence-corrected chi connectivity index (χ4v) is 2.48. The first-order valence-corrected chi connectivity index (χ1v) is 7.15. The smallest absolute Gasteiger partial charge is 0.0907 e. The Morgan fingerprint density at radius 1 is 0.810 bits per heavy atom. The zero-order valence-corrected chi connectivity index (χ0v) is 12.6. The van der Waals surface area contributed by atoms with Crippen LogP contribution < -0.4 is 5.32 Å². The van der Waals surface area contributed by atoms with Gasteiger partial charge in [-0.3, -0.25) is 9.97 Å². The van der Waals surface area contributed by atoms with Gasteiger partial charge in [-0.1, -0.05) is 12.1 Å². The lowest BCUT2D eigenvalue weighted by Crippen LogP contribution is -2.02. The van der Waals surface area contributed by atoms with Crippen LogP contribution in [0.2, 0.25) is 0 Å². The molecule has 0 atom stereocenters. The minimum absolute atomic E-state index is 0.818. The van der Waals surface area contributed by atoms with Crippen molar-refractivity contribution in [1.29, 1.82) is 0 Å². The molecule has 3 heteroatoms. The van der Waals surface area contributed by atoms with Crippen LogP contribution in [0.15, 0.2) is 42.7 Å². The lowest BCUT2D eigenvalue weighted by Gasteiger charge is -2.12. The number of rotatable bonds is 3. The molecule has 0 aliphatic rings. The Hall–Kier alpha value is -2.42. The molecular weight excluding hydrogens is 258 g/mol. The van der Waals surface area contributed by atoms with Gasteiger partial charge in [0.2, 0.25) is 0 Å². The van der Waals surface area contributed by atoms with Gasteiger partial charge in [-0.15, -0.1) is 0 Å². The zero-order valence-electron chi connectivity index (χ0n) is 12.6. The second-order valence-corrected chi connectivity index (χ2v) is 5.48. The van der Waals surface area contributed by atoms with Crippen LogP contribution in [0.3, 0.4) is 0 Å². The molecule has 0 fully saturated rings. The SMILES string of the molecule is Cc1cc(C)c(CNc2ccc3nccnc3c2)cc1C. The number of benzene rings is 2. The summed E-state index contributed by atoms with van der Waals surface area (Å²) in [5.41, 5.74) is 8.24. The summed E-state index contributed by atoms with van der Waals surface area (Å²) in [6.45, 7) is 7.29. The third-order valence-corrected chi connectivity index (χ3v) is 3.90. The van der Waals surface area contributed by atoms with Crippen molar-refractivity contribution in [3.63, 3.8) is 0 Å². The molecule has 3 nitrogen and oxygen atoms in total. The fraction of sp³-hybridized carbons (Fsp3) is 0.222. The van der Waals surface area contributed by atoms with Crippen molar-refractivity contribution in [1.82, 2.24) is 9.97 Å². The lowest BCUT2D eigenvalue weighted by atomic mass is 10.0. The largest absolute Gasteiger partial charge is 0.381 e. The Morgan fingerprint density at radius 3 is 2.33 bits per heavy atom. The molecule has 0 amide bonds. The maximum absolute atomic E-state index is 4.34. The molecule has 0 unspecified atom stereocenters. The van der Waals surface area contributed by atoms with Crippen LogP contribution >= 0.6 is 0 Å². The first-order chi connectivity index (χ1) is 10.1. The van der Waals surface area contributed by atoms with E-state index in [2.05, 4.69) is 48.2 Å². The Bertz CT molecular complexity index is 794. The van der Waals surface area contributed by atoms with Crippen LogP contribution in [0.4, 0.5) is 5.69 Å². The number of nitrogens with zero attached hydrogens (tertiary/aromatic N) is 2. The summed E-state index contributed by atoms with van der Waals surface area (Å²) in [4.78, 5) is 8.62. The number of aryl methyl sites for hydroxylation is 3. The van der Waals surface area contributed by atoms with E-state index in [1.54, 1.807) is 12.4 Å². The molecule has 0 saturated carbocycles. The number of anilines is 1. The van der Waals surface area contributed by atoms with E-state index in [-0.39, 0.29) is 0 Å². The number of hydrogen-bond donors (Lipinski definition) is 1. The molecule has 0 radical (unpaired) electrons. The Balaban J connectivity index is 1.81. The van der Waals surface area contributed by atoms with Gasteiger partial charge in [0.1, 0.15) is 0 Å². The van der Waals surface area contributed by atoms with Gasteiger partial charge in [0.15, 0.2) is 0 Å². The van der Waals surface area contributed by atoms with Crippen LogP contribution in [0.1, 0.15) is 22.3 Å². The highest BCUT2D eigenvalue weighted by molar-refractivity contribution is 5.78. The maximum Gasteiger partial charge on any atom is 0.0907 e. The molecule has 3 aromatic rings. The summed E-state index contributed by atoms with van der Waals surface area (Å²) in [6.07, 6.45) is 3.44. The predicted molar refractivity (Wildman–Crippen MR) is 87.5 cm³/mol. The van der Waals surface area contributed by atoms with Crippen LogP contribution in [-0.4, -0.2) is 9.97 Å². The fourth-order valence-electron chi connectivity index (χ4n) is 2.48. The third kappa shape index (κ3) is 2.87. The molecule has 0 aliphatic heterocycles. The van der Waals surface area contributed by atoms with Crippen molar-refractivity contribution in [2.75, 3.05) is 5.32 Å². The molecule has 2 aromatic carbocycles. The van der Waals surface area contributed by atoms with Crippen molar-refractivity contribution >= 4 is 16.7 Å². The normalized spacial score (nSPS) is 10.8. The lowest BCUT2D eigenvalue weighted by molar-refractivity contribution is 1.10. The van der Waals surface area contributed by atoms with Crippen molar-refractivity contribution in [2.24, 2.45) is 0 Å². The quantitative estimate of drug-likeness (QED) is 0.781. The predicted octanol–water partition coefficient (Wildman–Crippen LogP) is 4.17. The van der Waals surface area contributed by atoms with Gasteiger partial charge >= 0.3 is 0 Å². The molecule has 106 valence electrons. The van der Waals surface area contributed by atoms with Gasteiger partial charge in [-0.25, -0.2) is 0 Å². The van der Waals surface area contributed by atoms with E-state index in [9.17, 15) is 0 Å². The summed E-state index contributed by atoms with van der Waals surface area (Å²) in [6, 6.07) is 10.6. The Morgan fingerprint density at radius 2 is 1.52 bits per heavy atom. The second kappa shape index (κ2) is 5.52. The third-order valence-electron chi connectivity index (χ3n) is 3.90. The van der Waals surface area contributed by atoms with Crippen LogP contribution in [0, 0.1) is 20.8 Å². The first-order valence-electron chi connectivity index (χ1n) is 7.15. The zero-order chi connectivity index (χ0) is 14.8. The maximum atomic E-state index is 4.34. The topological polar surface area (TPSA) is 37.8 Å². The average molecular weight is 277 g/mol.